The number of hydrazine groups is 1. The molecule has 1 fully saturated rings. The summed E-state index contributed by atoms with van der Waals surface area (Å²) in [5, 5.41) is 14.0. The van der Waals surface area contributed by atoms with E-state index < -0.39 is 4.92 Å². The molecule has 0 bridgehead atoms. The van der Waals surface area contributed by atoms with E-state index >= 15 is 0 Å². The highest BCUT2D eigenvalue weighted by molar-refractivity contribution is 5.60. The molecule has 1 aliphatic rings. The number of nitrogens with two attached hydrogens (primary N) is 1. The summed E-state index contributed by atoms with van der Waals surface area (Å²) in [6.45, 7) is 1.70. The fourth-order valence-electron chi connectivity index (χ4n) is 2.26. The van der Waals surface area contributed by atoms with E-state index in [0.717, 1.165) is 19.4 Å². The first-order chi connectivity index (χ1) is 9.11. The molecule has 0 aliphatic carbocycles. The molecule has 4 N–H and O–H groups in total. The van der Waals surface area contributed by atoms with Crippen LogP contribution in [0.4, 0.5) is 17.3 Å². The monoisotopic (exact) mass is 266 g/mol. The number of likely N-dealkylation sites (N-methyl/N-ethyl adjacent to an activating group) is 1. The predicted octanol–water partition coefficient (Wildman–Crippen LogP) is 0.781. The Bertz CT molecular complexity index is 466. The van der Waals surface area contributed by atoms with Gasteiger partial charge in [-0.3, -0.25) is 10.1 Å². The van der Waals surface area contributed by atoms with Crippen molar-refractivity contribution in [3.8, 4) is 0 Å². The third-order valence-electron chi connectivity index (χ3n) is 3.40. The quantitative estimate of drug-likeness (QED) is 0.410. The van der Waals surface area contributed by atoms with Crippen LogP contribution in [0.15, 0.2) is 12.1 Å². The minimum Gasteiger partial charge on any atom is -0.363 e. The first-order valence-electron chi connectivity index (χ1n) is 6.18. The fourth-order valence-corrected chi connectivity index (χ4v) is 2.26. The molecule has 1 saturated heterocycles. The number of likely N-dealkylation sites (tertiary alicyclic amines) is 1. The van der Waals surface area contributed by atoms with Crippen LogP contribution in [-0.2, 0) is 0 Å². The molecule has 1 atom stereocenters. The largest absolute Gasteiger partial charge is 0.363 e. The minimum absolute atomic E-state index is 0.0420. The second-order valence-corrected chi connectivity index (χ2v) is 4.62. The lowest BCUT2D eigenvalue weighted by atomic mass is 10.2. The van der Waals surface area contributed by atoms with Gasteiger partial charge in [0.15, 0.2) is 0 Å². The van der Waals surface area contributed by atoms with Gasteiger partial charge in [-0.25, -0.2) is 10.8 Å². The van der Waals surface area contributed by atoms with E-state index in [-0.39, 0.29) is 11.5 Å². The van der Waals surface area contributed by atoms with Gasteiger partial charge >= 0.3 is 5.69 Å². The van der Waals surface area contributed by atoms with Crippen LogP contribution in [0, 0.1) is 10.1 Å². The molecule has 1 aliphatic heterocycles. The number of rotatable bonds is 5. The van der Waals surface area contributed by atoms with Crippen molar-refractivity contribution in [2.75, 3.05) is 30.9 Å². The number of nitro groups is 1. The van der Waals surface area contributed by atoms with E-state index in [1.54, 1.807) is 0 Å². The molecule has 104 valence electrons. The molecule has 0 saturated carbocycles. The van der Waals surface area contributed by atoms with Gasteiger partial charge in [-0.2, -0.15) is 0 Å². The number of pyridine rings is 1. The van der Waals surface area contributed by atoms with Crippen molar-refractivity contribution in [2.45, 2.75) is 18.9 Å². The van der Waals surface area contributed by atoms with E-state index in [1.165, 1.54) is 12.1 Å². The van der Waals surface area contributed by atoms with Crippen LogP contribution in [0.25, 0.3) is 0 Å². The summed E-state index contributed by atoms with van der Waals surface area (Å²) in [4.78, 5) is 16.8. The van der Waals surface area contributed by atoms with Gasteiger partial charge < -0.3 is 15.6 Å². The SMILES string of the molecule is CN1CCCC1CNc1nc(NN)ccc1[N+](=O)[O-]. The van der Waals surface area contributed by atoms with Gasteiger partial charge in [-0.05, 0) is 32.5 Å². The van der Waals surface area contributed by atoms with E-state index in [0.29, 0.717) is 18.4 Å². The molecule has 1 aromatic rings. The van der Waals surface area contributed by atoms with Gasteiger partial charge in [0.2, 0.25) is 5.82 Å². The fraction of sp³-hybridized carbons (Fsp3) is 0.545. The summed E-state index contributed by atoms with van der Waals surface area (Å²) in [5.41, 5.74) is 2.34. The first-order valence-corrected chi connectivity index (χ1v) is 6.18. The number of aromatic nitrogens is 1. The van der Waals surface area contributed by atoms with Crippen molar-refractivity contribution in [1.82, 2.24) is 9.88 Å². The number of anilines is 2. The summed E-state index contributed by atoms with van der Waals surface area (Å²) in [6.07, 6.45) is 2.24. The lowest BCUT2D eigenvalue weighted by Gasteiger charge is -2.20. The summed E-state index contributed by atoms with van der Waals surface area (Å²) in [7, 11) is 2.05. The molecule has 0 amide bonds. The molecule has 8 heteroatoms. The van der Waals surface area contributed by atoms with E-state index in [9.17, 15) is 10.1 Å². The number of hydrogen-bond acceptors (Lipinski definition) is 7. The van der Waals surface area contributed by atoms with Gasteiger partial charge in [-0.15, -0.1) is 0 Å². The minimum atomic E-state index is -0.450. The average molecular weight is 266 g/mol. The van der Waals surface area contributed by atoms with Crippen molar-refractivity contribution in [3.05, 3.63) is 22.2 Å². The number of nitrogens with one attached hydrogen (secondary N) is 2. The number of nitrogens with zero attached hydrogens (tertiary/aromatic N) is 3. The van der Waals surface area contributed by atoms with Crippen LogP contribution in [-0.4, -0.2) is 41.0 Å². The summed E-state index contributed by atoms with van der Waals surface area (Å²) < 4.78 is 0. The Labute approximate surface area is 111 Å². The van der Waals surface area contributed by atoms with Gasteiger partial charge in [0.05, 0.1) is 4.92 Å². The van der Waals surface area contributed by atoms with Crippen molar-refractivity contribution in [2.24, 2.45) is 5.84 Å². The summed E-state index contributed by atoms with van der Waals surface area (Å²) in [5.74, 6) is 5.91. The van der Waals surface area contributed by atoms with E-state index in [2.05, 4.69) is 27.7 Å². The molecular formula is C11H18N6O2. The predicted molar refractivity (Wildman–Crippen MR) is 72.8 cm³/mol. The maximum Gasteiger partial charge on any atom is 0.311 e. The molecule has 0 radical (unpaired) electrons. The van der Waals surface area contributed by atoms with Crippen molar-refractivity contribution in [3.63, 3.8) is 0 Å². The third-order valence-corrected chi connectivity index (χ3v) is 3.40. The van der Waals surface area contributed by atoms with Crippen molar-refractivity contribution < 1.29 is 4.92 Å². The molecular weight excluding hydrogens is 248 g/mol. The van der Waals surface area contributed by atoms with Crippen LogP contribution in [0.3, 0.4) is 0 Å². The molecule has 19 heavy (non-hydrogen) atoms. The third kappa shape index (κ3) is 3.09. The first kappa shape index (κ1) is 13.5. The Kier molecular flexibility index (Phi) is 4.13. The van der Waals surface area contributed by atoms with Gasteiger partial charge in [0.1, 0.15) is 5.82 Å². The lowest BCUT2D eigenvalue weighted by Crippen LogP contribution is -2.31. The summed E-state index contributed by atoms with van der Waals surface area (Å²) in [6, 6.07) is 3.25. The van der Waals surface area contributed by atoms with Crippen LogP contribution in [0.2, 0.25) is 0 Å². The van der Waals surface area contributed by atoms with E-state index in [4.69, 9.17) is 5.84 Å². The summed E-state index contributed by atoms with van der Waals surface area (Å²) >= 11 is 0. The lowest BCUT2D eigenvalue weighted by molar-refractivity contribution is -0.384. The van der Waals surface area contributed by atoms with E-state index in [1.807, 2.05) is 0 Å². The molecule has 0 aromatic carbocycles. The van der Waals surface area contributed by atoms with Gasteiger partial charge in [-0.1, -0.05) is 0 Å². The normalized spacial score (nSPS) is 19.4. The van der Waals surface area contributed by atoms with Crippen LogP contribution in [0.5, 0.6) is 0 Å². The Balaban J connectivity index is 2.10. The zero-order valence-corrected chi connectivity index (χ0v) is 10.8. The second-order valence-electron chi connectivity index (χ2n) is 4.62. The molecule has 2 rings (SSSR count). The van der Waals surface area contributed by atoms with Gasteiger partial charge in [0, 0.05) is 18.7 Å². The Morgan fingerprint density at radius 2 is 2.42 bits per heavy atom. The molecule has 8 nitrogen and oxygen atoms in total. The zero-order valence-electron chi connectivity index (χ0n) is 10.8. The number of nitrogen functional groups attached to an aromatic ring is 1. The topological polar surface area (TPSA) is 109 Å². The molecule has 1 aromatic heterocycles. The van der Waals surface area contributed by atoms with Crippen molar-refractivity contribution in [1.29, 1.82) is 0 Å². The maximum atomic E-state index is 10.9. The Morgan fingerprint density at radius 3 is 3.00 bits per heavy atom. The zero-order chi connectivity index (χ0) is 13.8. The smallest absolute Gasteiger partial charge is 0.311 e. The van der Waals surface area contributed by atoms with Crippen LogP contribution in [0.1, 0.15) is 12.8 Å². The highest BCUT2D eigenvalue weighted by Gasteiger charge is 2.22. The number of hydrogen-bond donors (Lipinski definition) is 3. The average Bonchev–Trinajstić information content (AvgIpc) is 2.81. The highest BCUT2D eigenvalue weighted by atomic mass is 16.6. The molecule has 1 unspecified atom stereocenters. The van der Waals surface area contributed by atoms with Crippen LogP contribution < -0.4 is 16.6 Å². The van der Waals surface area contributed by atoms with Crippen molar-refractivity contribution >= 4 is 17.3 Å². The second kappa shape index (κ2) is 5.81. The molecule has 2 heterocycles. The maximum absolute atomic E-state index is 10.9. The van der Waals surface area contributed by atoms with Crippen LogP contribution >= 0.6 is 0 Å². The Morgan fingerprint density at radius 1 is 1.63 bits per heavy atom. The molecule has 0 spiro atoms. The highest BCUT2D eigenvalue weighted by Crippen LogP contribution is 2.24. The standard InChI is InChI=1S/C11H18N6O2/c1-16-6-2-3-8(16)7-13-11-9(17(18)19)4-5-10(14-11)15-12/h4-5,8H,2-3,6-7,12H2,1H3,(H2,13,14,15). The van der Waals surface area contributed by atoms with Gasteiger partial charge in [0.25, 0.3) is 0 Å². The Hall–Kier alpha value is -1.93.